The van der Waals surface area contributed by atoms with Crippen molar-refractivity contribution in [2.24, 2.45) is 0 Å². The van der Waals surface area contributed by atoms with Crippen LogP contribution in [-0.2, 0) is 0 Å². The molecule has 1 fully saturated rings. The van der Waals surface area contributed by atoms with Crippen LogP contribution in [0.4, 0.5) is 5.69 Å². The van der Waals surface area contributed by atoms with Crippen molar-refractivity contribution in [2.75, 3.05) is 18.0 Å². The van der Waals surface area contributed by atoms with Gasteiger partial charge in [0.15, 0.2) is 0 Å². The first kappa shape index (κ1) is 13.7. The van der Waals surface area contributed by atoms with E-state index in [0.29, 0.717) is 0 Å². The topological polar surface area (TPSA) is 23.5 Å². The number of anilines is 1. The highest BCUT2D eigenvalue weighted by atomic mass is 16.3. The molecule has 0 spiro atoms. The molecular weight excluding hydrogens is 246 g/mol. The van der Waals surface area contributed by atoms with Gasteiger partial charge in [-0.3, -0.25) is 0 Å². The fourth-order valence-corrected chi connectivity index (χ4v) is 3.53. The SMILES string of the molecule is OC1(C2=CCCCCC2)CCN(c2ccccc2)CC1. The van der Waals surface area contributed by atoms with Crippen LogP contribution >= 0.6 is 0 Å². The summed E-state index contributed by atoms with van der Waals surface area (Å²) in [6.45, 7) is 1.91. The van der Waals surface area contributed by atoms with Crippen molar-refractivity contribution in [3.63, 3.8) is 0 Å². The van der Waals surface area contributed by atoms with Crippen LogP contribution in [0.2, 0.25) is 0 Å². The largest absolute Gasteiger partial charge is 0.385 e. The van der Waals surface area contributed by atoms with Gasteiger partial charge < -0.3 is 10.0 Å². The standard InChI is InChI=1S/C18H25NO/c20-18(16-8-4-1-2-5-9-16)12-14-19(15-13-18)17-10-6-3-7-11-17/h3,6-8,10-11,20H,1-2,4-5,9,12-15H2. The number of aliphatic hydroxyl groups is 1. The van der Waals surface area contributed by atoms with Crippen molar-refractivity contribution in [1.29, 1.82) is 0 Å². The summed E-state index contributed by atoms with van der Waals surface area (Å²) >= 11 is 0. The number of hydrogen-bond acceptors (Lipinski definition) is 2. The molecule has 1 N–H and O–H groups in total. The second kappa shape index (κ2) is 6.01. The maximum Gasteiger partial charge on any atom is 0.0890 e. The van der Waals surface area contributed by atoms with E-state index in [-0.39, 0.29) is 0 Å². The Kier molecular flexibility index (Phi) is 4.11. The zero-order valence-corrected chi connectivity index (χ0v) is 12.2. The third-order valence-corrected chi connectivity index (χ3v) is 4.85. The van der Waals surface area contributed by atoms with E-state index in [1.54, 1.807) is 0 Å². The van der Waals surface area contributed by atoms with Gasteiger partial charge in [-0.2, -0.15) is 0 Å². The lowest BCUT2D eigenvalue weighted by atomic mass is 9.81. The van der Waals surface area contributed by atoms with Gasteiger partial charge in [0.25, 0.3) is 0 Å². The number of piperidine rings is 1. The minimum absolute atomic E-state index is 0.532. The molecule has 2 aliphatic rings. The van der Waals surface area contributed by atoms with Crippen LogP contribution in [-0.4, -0.2) is 23.8 Å². The fraction of sp³-hybridized carbons (Fsp3) is 0.556. The Bertz CT molecular complexity index is 458. The van der Waals surface area contributed by atoms with Crippen molar-refractivity contribution < 1.29 is 5.11 Å². The Morgan fingerprint density at radius 1 is 0.950 bits per heavy atom. The summed E-state index contributed by atoms with van der Waals surface area (Å²) in [5.41, 5.74) is 2.07. The molecule has 0 unspecified atom stereocenters. The zero-order valence-electron chi connectivity index (χ0n) is 12.2. The Morgan fingerprint density at radius 3 is 2.45 bits per heavy atom. The molecule has 0 saturated carbocycles. The molecular formula is C18H25NO. The molecule has 0 bridgehead atoms. The molecule has 3 rings (SSSR count). The Morgan fingerprint density at radius 2 is 1.70 bits per heavy atom. The summed E-state index contributed by atoms with van der Waals surface area (Å²) in [6, 6.07) is 10.6. The maximum atomic E-state index is 11.0. The summed E-state index contributed by atoms with van der Waals surface area (Å²) < 4.78 is 0. The smallest absolute Gasteiger partial charge is 0.0890 e. The first-order valence-electron chi connectivity index (χ1n) is 8.00. The minimum Gasteiger partial charge on any atom is -0.385 e. The average molecular weight is 271 g/mol. The lowest BCUT2D eigenvalue weighted by Crippen LogP contribution is -2.45. The molecule has 1 aliphatic carbocycles. The van der Waals surface area contributed by atoms with E-state index >= 15 is 0 Å². The van der Waals surface area contributed by atoms with E-state index in [4.69, 9.17) is 0 Å². The van der Waals surface area contributed by atoms with E-state index in [1.807, 2.05) is 0 Å². The van der Waals surface area contributed by atoms with Crippen molar-refractivity contribution >= 4 is 5.69 Å². The number of para-hydroxylation sites is 1. The number of allylic oxidation sites excluding steroid dienone is 1. The second-order valence-electron chi connectivity index (χ2n) is 6.18. The molecule has 0 amide bonds. The summed E-state index contributed by atoms with van der Waals surface area (Å²) in [4.78, 5) is 2.39. The van der Waals surface area contributed by atoms with Gasteiger partial charge >= 0.3 is 0 Å². The molecule has 2 nitrogen and oxygen atoms in total. The van der Waals surface area contributed by atoms with E-state index < -0.39 is 5.60 Å². The lowest BCUT2D eigenvalue weighted by Gasteiger charge is -2.41. The van der Waals surface area contributed by atoms with Crippen LogP contribution in [0.15, 0.2) is 42.0 Å². The highest BCUT2D eigenvalue weighted by molar-refractivity contribution is 5.47. The van der Waals surface area contributed by atoms with Gasteiger partial charge in [-0.15, -0.1) is 0 Å². The van der Waals surface area contributed by atoms with Crippen molar-refractivity contribution in [3.05, 3.63) is 42.0 Å². The second-order valence-corrected chi connectivity index (χ2v) is 6.18. The highest BCUT2D eigenvalue weighted by Crippen LogP contribution is 2.35. The third kappa shape index (κ3) is 2.90. The predicted octanol–water partition coefficient (Wildman–Crippen LogP) is 3.91. The minimum atomic E-state index is -0.532. The molecule has 1 heterocycles. The highest BCUT2D eigenvalue weighted by Gasteiger charge is 2.35. The van der Waals surface area contributed by atoms with Crippen LogP contribution in [0.5, 0.6) is 0 Å². The van der Waals surface area contributed by atoms with E-state index in [1.165, 1.54) is 30.5 Å². The summed E-state index contributed by atoms with van der Waals surface area (Å²) in [7, 11) is 0. The molecule has 0 aromatic heterocycles. The van der Waals surface area contributed by atoms with Crippen LogP contribution in [0.3, 0.4) is 0 Å². The molecule has 1 aromatic carbocycles. The molecule has 0 atom stereocenters. The van der Waals surface area contributed by atoms with Crippen LogP contribution in [0.1, 0.15) is 44.9 Å². The van der Waals surface area contributed by atoms with Crippen LogP contribution in [0.25, 0.3) is 0 Å². The molecule has 1 saturated heterocycles. The number of hydrogen-bond donors (Lipinski definition) is 1. The van der Waals surface area contributed by atoms with Gasteiger partial charge in [-0.1, -0.05) is 30.7 Å². The number of nitrogens with zero attached hydrogens (tertiary/aromatic N) is 1. The average Bonchev–Trinajstić information content (AvgIpc) is 2.79. The lowest BCUT2D eigenvalue weighted by molar-refractivity contribution is 0.0490. The molecule has 2 heteroatoms. The molecule has 1 aliphatic heterocycles. The van der Waals surface area contributed by atoms with Gasteiger partial charge in [0, 0.05) is 18.8 Å². The van der Waals surface area contributed by atoms with Crippen molar-refractivity contribution in [1.82, 2.24) is 0 Å². The van der Waals surface area contributed by atoms with Gasteiger partial charge in [0.05, 0.1) is 5.60 Å². The first-order valence-corrected chi connectivity index (χ1v) is 8.00. The molecule has 108 valence electrons. The summed E-state index contributed by atoms with van der Waals surface area (Å²) in [6.07, 6.45) is 10.2. The number of rotatable bonds is 2. The fourth-order valence-electron chi connectivity index (χ4n) is 3.53. The van der Waals surface area contributed by atoms with Gasteiger partial charge in [-0.25, -0.2) is 0 Å². The van der Waals surface area contributed by atoms with E-state index in [0.717, 1.165) is 38.8 Å². The molecule has 0 radical (unpaired) electrons. The monoisotopic (exact) mass is 271 g/mol. The Hall–Kier alpha value is -1.28. The quantitative estimate of drug-likeness (QED) is 0.824. The molecule has 20 heavy (non-hydrogen) atoms. The summed E-state index contributed by atoms with van der Waals surface area (Å²) in [5, 5.41) is 11.0. The van der Waals surface area contributed by atoms with Crippen molar-refractivity contribution in [3.8, 4) is 0 Å². The van der Waals surface area contributed by atoms with Crippen LogP contribution < -0.4 is 4.90 Å². The summed E-state index contributed by atoms with van der Waals surface area (Å²) in [5.74, 6) is 0. The van der Waals surface area contributed by atoms with E-state index in [2.05, 4.69) is 41.3 Å². The number of benzene rings is 1. The van der Waals surface area contributed by atoms with Gasteiger partial charge in [-0.05, 0) is 56.2 Å². The Labute approximate surface area is 122 Å². The Balaban J connectivity index is 1.66. The third-order valence-electron chi connectivity index (χ3n) is 4.85. The zero-order chi connectivity index (χ0) is 13.8. The van der Waals surface area contributed by atoms with E-state index in [9.17, 15) is 5.11 Å². The first-order chi connectivity index (χ1) is 9.78. The van der Waals surface area contributed by atoms with Crippen molar-refractivity contribution in [2.45, 2.75) is 50.5 Å². The molecule has 1 aromatic rings. The predicted molar refractivity (Wildman–Crippen MR) is 84.0 cm³/mol. The maximum absolute atomic E-state index is 11.0. The van der Waals surface area contributed by atoms with Crippen LogP contribution in [0, 0.1) is 0 Å². The van der Waals surface area contributed by atoms with Gasteiger partial charge in [0.1, 0.15) is 0 Å². The van der Waals surface area contributed by atoms with Gasteiger partial charge in [0.2, 0.25) is 0 Å². The normalized spacial score (nSPS) is 23.1.